The lowest BCUT2D eigenvalue weighted by Gasteiger charge is -2.04. The SMILES string of the molecule is COC(=O)c1c(NC2CC2)nn(Cc2ccccc2)c1N. The summed E-state index contributed by atoms with van der Waals surface area (Å²) in [6.45, 7) is 0.517. The maximum Gasteiger partial charge on any atom is 0.345 e. The van der Waals surface area contributed by atoms with E-state index in [1.54, 1.807) is 4.68 Å². The second kappa shape index (κ2) is 5.47. The molecule has 1 heterocycles. The van der Waals surface area contributed by atoms with Crippen molar-refractivity contribution in [2.75, 3.05) is 18.2 Å². The molecule has 21 heavy (non-hydrogen) atoms. The van der Waals surface area contributed by atoms with Crippen LogP contribution in [0.3, 0.4) is 0 Å². The Morgan fingerprint density at radius 1 is 1.43 bits per heavy atom. The van der Waals surface area contributed by atoms with E-state index in [0.717, 1.165) is 18.4 Å². The predicted molar refractivity (Wildman–Crippen MR) is 80.2 cm³/mol. The van der Waals surface area contributed by atoms with Crippen molar-refractivity contribution in [1.82, 2.24) is 9.78 Å². The molecule has 1 aliphatic carbocycles. The van der Waals surface area contributed by atoms with Gasteiger partial charge in [-0.25, -0.2) is 9.48 Å². The average Bonchev–Trinajstić information content (AvgIpc) is 3.26. The first-order valence-electron chi connectivity index (χ1n) is 6.94. The Balaban J connectivity index is 1.93. The third-order valence-electron chi connectivity index (χ3n) is 3.47. The lowest BCUT2D eigenvalue weighted by atomic mass is 10.2. The van der Waals surface area contributed by atoms with Gasteiger partial charge in [-0.05, 0) is 18.4 Å². The van der Waals surface area contributed by atoms with Crippen molar-refractivity contribution in [2.45, 2.75) is 25.4 Å². The topological polar surface area (TPSA) is 82.2 Å². The first-order chi connectivity index (χ1) is 10.2. The van der Waals surface area contributed by atoms with Gasteiger partial charge in [0.1, 0.15) is 11.4 Å². The van der Waals surface area contributed by atoms with Crippen molar-refractivity contribution in [3.63, 3.8) is 0 Å². The number of nitrogens with two attached hydrogens (primary N) is 1. The minimum absolute atomic E-state index is 0.320. The molecule has 2 aromatic rings. The van der Waals surface area contributed by atoms with Crippen LogP contribution in [0.4, 0.5) is 11.6 Å². The first kappa shape index (κ1) is 13.5. The number of nitrogen functional groups attached to an aromatic ring is 1. The number of nitrogens with one attached hydrogen (secondary N) is 1. The summed E-state index contributed by atoms with van der Waals surface area (Å²) in [5, 5.41) is 7.67. The molecule has 1 aromatic carbocycles. The van der Waals surface area contributed by atoms with Crippen molar-refractivity contribution in [1.29, 1.82) is 0 Å². The molecular weight excluding hydrogens is 268 g/mol. The summed E-state index contributed by atoms with van der Waals surface area (Å²) < 4.78 is 6.44. The molecular formula is C15H18N4O2. The fourth-order valence-corrected chi connectivity index (χ4v) is 2.18. The fourth-order valence-electron chi connectivity index (χ4n) is 2.18. The number of carbonyl (C=O) groups is 1. The van der Waals surface area contributed by atoms with Crippen LogP contribution in [-0.4, -0.2) is 28.9 Å². The van der Waals surface area contributed by atoms with Crippen LogP contribution in [0.5, 0.6) is 0 Å². The second-order valence-corrected chi connectivity index (χ2v) is 5.16. The molecule has 6 heteroatoms. The number of carbonyl (C=O) groups excluding carboxylic acids is 1. The highest BCUT2D eigenvalue weighted by Gasteiger charge is 2.28. The molecule has 0 saturated heterocycles. The molecule has 1 fully saturated rings. The highest BCUT2D eigenvalue weighted by molar-refractivity contribution is 5.99. The molecule has 0 spiro atoms. The number of rotatable bonds is 5. The van der Waals surface area contributed by atoms with Gasteiger partial charge < -0.3 is 15.8 Å². The average molecular weight is 286 g/mol. The van der Waals surface area contributed by atoms with Crippen molar-refractivity contribution >= 4 is 17.6 Å². The molecule has 0 atom stereocenters. The molecule has 0 amide bonds. The number of ether oxygens (including phenoxy) is 1. The van der Waals surface area contributed by atoms with Gasteiger partial charge in [0, 0.05) is 6.04 Å². The molecule has 0 radical (unpaired) electrons. The number of anilines is 2. The van der Waals surface area contributed by atoms with Crippen LogP contribution in [0.2, 0.25) is 0 Å². The van der Waals surface area contributed by atoms with Crippen LogP contribution in [0, 0.1) is 0 Å². The lowest BCUT2D eigenvalue weighted by Crippen LogP contribution is -2.10. The van der Waals surface area contributed by atoms with Gasteiger partial charge in [0.2, 0.25) is 0 Å². The highest BCUT2D eigenvalue weighted by Crippen LogP contribution is 2.29. The summed E-state index contributed by atoms with van der Waals surface area (Å²) in [6, 6.07) is 10.2. The molecule has 1 aliphatic rings. The molecule has 3 rings (SSSR count). The third-order valence-corrected chi connectivity index (χ3v) is 3.47. The number of hydrogen-bond donors (Lipinski definition) is 2. The number of nitrogens with zero attached hydrogens (tertiary/aromatic N) is 2. The molecule has 1 saturated carbocycles. The Labute approximate surface area is 122 Å². The summed E-state index contributed by atoms with van der Waals surface area (Å²) in [5.74, 6) is 0.376. The number of aromatic nitrogens is 2. The van der Waals surface area contributed by atoms with Crippen LogP contribution in [-0.2, 0) is 11.3 Å². The van der Waals surface area contributed by atoms with E-state index in [1.807, 2.05) is 30.3 Å². The summed E-state index contributed by atoms with van der Waals surface area (Å²) in [5.41, 5.74) is 7.47. The summed E-state index contributed by atoms with van der Waals surface area (Å²) in [4.78, 5) is 11.9. The minimum atomic E-state index is -0.463. The van der Waals surface area contributed by atoms with Crippen LogP contribution in [0.15, 0.2) is 30.3 Å². The van der Waals surface area contributed by atoms with Crippen LogP contribution in [0.25, 0.3) is 0 Å². The van der Waals surface area contributed by atoms with Crippen molar-refractivity contribution in [3.05, 3.63) is 41.5 Å². The van der Waals surface area contributed by atoms with Crippen molar-refractivity contribution in [3.8, 4) is 0 Å². The lowest BCUT2D eigenvalue weighted by molar-refractivity contribution is 0.0603. The van der Waals surface area contributed by atoms with E-state index in [4.69, 9.17) is 10.5 Å². The predicted octanol–water partition coefficient (Wildman–Crippen LogP) is 1.87. The fraction of sp³-hybridized carbons (Fsp3) is 0.333. The Hall–Kier alpha value is -2.50. The number of hydrogen-bond acceptors (Lipinski definition) is 5. The van der Waals surface area contributed by atoms with Gasteiger partial charge in [-0.15, -0.1) is 0 Å². The van der Waals surface area contributed by atoms with E-state index in [9.17, 15) is 4.79 Å². The normalized spacial score (nSPS) is 14.0. The number of methoxy groups -OCH3 is 1. The van der Waals surface area contributed by atoms with Crippen molar-refractivity contribution < 1.29 is 9.53 Å². The molecule has 6 nitrogen and oxygen atoms in total. The Bertz CT molecular complexity index is 647. The second-order valence-electron chi connectivity index (χ2n) is 5.16. The maximum absolute atomic E-state index is 11.9. The van der Waals surface area contributed by atoms with Gasteiger partial charge in [0.25, 0.3) is 0 Å². The largest absolute Gasteiger partial charge is 0.465 e. The standard InChI is InChI=1S/C15H18N4O2/c1-21-15(20)12-13(16)19(9-10-5-3-2-4-6-10)18-14(12)17-11-7-8-11/h2-6,11H,7-9,16H2,1H3,(H,17,18). The van der Waals surface area contributed by atoms with Gasteiger partial charge in [-0.2, -0.15) is 5.10 Å². The molecule has 0 aliphatic heterocycles. The number of esters is 1. The van der Waals surface area contributed by atoms with Gasteiger partial charge >= 0.3 is 5.97 Å². The summed E-state index contributed by atoms with van der Waals surface area (Å²) in [7, 11) is 1.34. The molecule has 0 unspecified atom stereocenters. The van der Waals surface area contributed by atoms with E-state index >= 15 is 0 Å². The van der Waals surface area contributed by atoms with E-state index in [1.165, 1.54) is 7.11 Å². The van der Waals surface area contributed by atoms with E-state index in [0.29, 0.717) is 29.8 Å². The Morgan fingerprint density at radius 3 is 2.76 bits per heavy atom. The highest BCUT2D eigenvalue weighted by atomic mass is 16.5. The molecule has 110 valence electrons. The van der Waals surface area contributed by atoms with Gasteiger partial charge in [-0.3, -0.25) is 0 Å². The monoisotopic (exact) mass is 286 g/mol. The van der Waals surface area contributed by atoms with Crippen LogP contribution < -0.4 is 11.1 Å². The van der Waals surface area contributed by atoms with E-state index < -0.39 is 5.97 Å². The van der Waals surface area contributed by atoms with E-state index in [2.05, 4.69) is 10.4 Å². The Morgan fingerprint density at radius 2 is 2.14 bits per heavy atom. The summed E-state index contributed by atoms with van der Waals surface area (Å²) >= 11 is 0. The summed E-state index contributed by atoms with van der Waals surface area (Å²) in [6.07, 6.45) is 2.18. The van der Waals surface area contributed by atoms with Gasteiger partial charge in [0.15, 0.2) is 5.82 Å². The Kier molecular flexibility index (Phi) is 3.51. The smallest absolute Gasteiger partial charge is 0.345 e. The first-order valence-corrected chi connectivity index (χ1v) is 6.94. The zero-order valence-corrected chi connectivity index (χ0v) is 11.9. The quantitative estimate of drug-likeness (QED) is 0.820. The molecule has 0 bridgehead atoms. The zero-order chi connectivity index (χ0) is 14.8. The van der Waals surface area contributed by atoms with Gasteiger partial charge in [0.05, 0.1) is 13.7 Å². The minimum Gasteiger partial charge on any atom is -0.465 e. The van der Waals surface area contributed by atoms with Crippen LogP contribution >= 0.6 is 0 Å². The maximum atomic E-state index is 11.9. The number of benzene rings is 1. The van der Waals surface area contributed by atoms with E-state index in [-0.39, 0.29) is 0 Å². The molecule has 1 aromatic heterocycles. The van der Waals surface area contributed by atoms with Gasteiger partial charge in [-0.1, -0.05) is 30.3 Å². The van der Waals surface area contributed by atoms with Crippen molar-refractivity contribution in [2.24, 2.45) is 0 Å². The third kappa shape index (κ3) is 2.84. The molecule has 3 N–H and O–H groups in total. The zero-order valence-electron chi connectivity index (χ0n) is 11.9. The van der Waals surface area contributed by atoms with Crippen LogP contribution in [0.1, 0.15) is 28.8 Å².